The van der Waals surface area contributed by atoms with Crippen molar-refractivity contribution in [2.75, 3.05) is 13.1 Å². The van der Waals surface area contributed by atoms with Crippen LogP contribution >= 0.6 is 11.3 Å². The second-order valence-corrected chi connectivity index (χ2v) is 7.81. The van der Waals surface area contributed by atoms with E-state index < -0.39 is 0 Å². The van der Waals surface area contributed by atoms with Gasteiger partial charge in [-0.2, -0.15) is 0 Å². The van der Waals surface area contributed by atoms with Crippen LogP contribution in [0, 0.1) is 6.92 Å². The van der Waals surface area contributed by atoms with Gasteiger partial charge in [-0.15, -0.1) is 11.3 Å². The fourth-order valence-electron chi connectivity index (χ4n) is 4.01. The molecule has 1 aliphatic carbocycles. The van der Waals surface area contributed by atoms with E-state index in [-0.39, 0.29) is 5.91 Å². The standard InChI is InChI=1S/C18H23N3OS/c1-12-9-20(2)17(19-12)13-7-8-21(10-13)18(22)15-11-23-16-6-4-3-5-14(15)16/h9,11,13H,3-8,10H2,1-2H3/t13-/m1/s1. The van der Waals surface area contributed by atoms with Crippen LogP contribution in [-0.2, 0) is 19.9 Å². The maximum absolute atomic E-state index is 13.0. The molecule has 2 aromatic heterocycles. The second kappa shape index (κ2) is 5.78. The Labute approximate surface area is 141 Å². The van der Waals surface area contributed by atoms with Crippen LogP contribution in [0.4, 0.5) is 0 Å². The minimum Gasteiger partial charge on any atom is -0.338 e. The monoisotopic (exact) mass is 329 g/mol. The number of thiophene rings is 1. The number of hydrogen-bond acceptors (Lipinski definition) is 3. The average Bonchev–Trinajstić information content (AvgIpc) is 3.24. The summed E-state index contributed by atoms with van der Waals surface area (Å²) in [7, 11) is 2.05. The van der Waals surface area contributed by atoms with E-state index in [4.69, 9.17) is 0 Å². The summed E-state index contributed by atoms with van der Waals surface area (Å²) in [5.41, 5.74) is 3.36. The van der Waals surface area contributed by atoms with E-state index in [9.17, 15) is 4.79 Å². The number of carbonyl (C=O) groups excluding carboxylic acids is 1. The molecule has 1 aliphatic heterocycles. The van der Waals surface area contributed by atoms with Gasteiger partial charge in [0, 0.05) is 42.5 Å². The van der Waals surface area contributed by atoms with Crippen LogP contribution in [0.1, 0.15) is 57.5 Å². The van der Waals surface area contributed by atoms with Crippen molar-refractivity contribution in [3.8, 4) is 0 Å². The van der Waals surface area contributed by atoms with Gasteiger partial charge in [-0.05, 0) is 44.6 Å². The lowest BCUT2D eigenvalue weighted by Gasteiger charge is -2.18. The molecule has 122 valence electrons. The van der Waals surface area contributed by atoms with Crippen LogP contribution < -0.4 is 0 Å². The molecule has 1 atom stereocenters. The van der Waals surface area contributed by atoms with E-state index in [1.165, 1.54) is 23.3 Å². The first-order chi connectivity index (χ1) is 11.1. The average molecular weight is 329 g/mol. The van der Waals surface area contributed by atoms with Gasteiger partial charge < -0.3 is 9.47 Å². The number of likely N-dealkylation sites (tertiary alicyclic amines) is 1. The lowest BCUT2D eigenvalue weighted by atomic mass is 9.95. The molecule has 0 spiro atoms. The molecule has 3 heterocycles. The number of fused-ring (bicyclic) bond motifs is 1. The summed E-state index contributed by atoms with van der Waals surface area (Å²) in [6, 6.07) is 0. The fraction of sp³-hybridized carbons (Fsp3) is 0.556. The summed E-state index contributed by atoms with van der Waals surface area (Å²) < 4.78 is 2.11. The van der Waals surface area contributed by atoms with Crippen LogP contribution in [0.3, 0.4) is 0 Å². The van der Waals surface area contributed by atoms with Crippen molar-refractivity contribution < 1.29 is 4.79 Å². The molecule has 4 rings (SSSR count). The van der Waals surface area contributed by atoms with Gasteiger partial charge >= 0.3 is 0 Å². The molecule has 1 saturated heterocycles. The minimum absolute atomic E-state index is 0.234. The molecular formula is C18H23N3OS. The largest absolute Gasteiger partial charge is 0.338 e. The number of nitrogens with zero attached hydrogens (tertiary/aromatic N) is 3. The van der Waals surface area contributed by atoms with Gasteiger partial charge in [-0.1, -0.05) is 0 Å². The Kier molecular flexibility index (Phi) is 3.76. The number of aromatic nitrogens is 2. The summed E-state index contributed by atoms with van der Waals surface area (Å²) >= 11 is 1.78. The first-order valence-corrected chi connectivity index (χ1v) is 9.40. The minimum atomic E-state index is 0.234. The molecule has 2 aliphatic rings. The van der Waals surface area contributed by atoms with Crippen LogP contribution in [0.25, 0.3) is 0 Å². The normalized spacial score (nSPS) is 20.8. The molecule has 0 bridgehead atoms. The first-order valence-electron chi connectivity index (χ1n) is 8.52. The van der Waals surface area contributed by atoms with E-state index in [2.05, 4.69) is 28.2 Å². The lowest BCUT2D eigenvalue weighted by molar-refractivity contribution is 0.0789. The summed E-state index contributed by atoms with van der Waals surface area (Å²) in [5, 5.41) is 2.09. The van der Waals surface area contributed by atoms with Gasteiger partial charge in [0.1, 0.15) is 5.82 Å². The maximum Gasteiger partial charge on any atom is 0.255 e. The number of amides is 1. The highest BCUT2D eigenvalue weighted by molar-refractivity contribution is 7.10. The zero-order chi connectivity index (χ0) is 16.0. The third kappa shape index (κ3) is 2.61. The van der Waals surface area contributed by atoms with Crippen molar-refractivity contribution in [2.45, 2.75) is 44.9 Å². The summed E-state index contributed by atoms with van der Waals surface area (Å²) in [5.74, 6) is 1.72. The van der Waals surface area contributed by atoms with Gasteiger partial charge in [0.25, 0.3) is 5.91 Å². The summed E-state index contributed by atoms with van der Waals surface area (Å²) in [6.07, 6.45) is 7.81. The number of rotatable bonds is 2. The van der Waals surface area contributed by atoms with E-state index in [0.717, 1.165) is 49.4 Å². The third-order valence-electron chi connectivity index (χ3n) is 5.17. The highest BCUT2D eigenvalue weighted by Gasteiger charge is 2.32. The zero-order valence-corrected chi connectivity index (χ0v) is 14.7. The van der Waals surface area contributed by atoms with Gasteiger partial charge in [0.15, 0.2) is 0 Å². The highest BCUT2D eigenvalue weighted by Crippen LogP contribution is 2.33. The van der Waals surface area contributed by atoms with Crippen LogP contribution in [0.2, 0.25) is 0 Å². The van der Waals surface area contributed by atoms with Gasteiger partial charge in [-0.25, -0.2) is 4.98 Å². The number of carbonyl (C=O) groups is 1. The van der Waals surface area contributed by atoms with Crippen LogP contribution in [0.15, 0.2) is 11.6 Å². The molecule has 0 aromatic carbocycles. The molecule has 0 saturated carbocycles. The molecule has 0 unspecified atom stereocenters. The van der Waals surface area contributed by atoms with Crippen molar-refractivity contribution in [2.24, 2.45) is 7.05 Å². The quantitative estimate of drug-likeness (QED) is 0.848. The van der Waals surface area contributed by atoms with Crippen molar-refractivity contribution >= 4 is 17.2 Å². The fourth-order valence-corrected chi connectivity index (χ4v) is 5.13. The van der Waals surface area contributed by atoms with Gasteiger partial charge in [-0.3, -0.25) is 4.79 Å². The van der Waals surface area contributed by atoms with E-state index in [0.29, 0.717) is 5.92 Å². The molecule has 1 amide bonds. The summed E-state index contributed by atoms with van der Waals surface area (Å²) in [6.45, 7) is 3.67. The van der Waals surface area contributed by atoms with Crippen LogP contribution in [-0.4, -0.2) is 33.4 Å². The van der Waals surface area contributed by atoms with Gasteiger partial charge in [0.05, 0.1) is 11.3 Å². The maximum atomic E-state index is 13.0. The van der Waals surface area contributed by atoms with E-state index >= 15 is 0 Å². The lowest BCUT2D eigenvalue weighted by Crippen LogP contribution is -2.29. The van der Waals surface area contributed by atoms with Crippen LogP contribution in [0.5, 0.6) is 0 Å². The molecule has 4 nitrogen and oxygen atoms in total. The second-order valence-electron chi connectivity index (χ2n) is 6.85. The van der Waals surface area contributed by atoms with Crippen molar-refractivity contribution in [3.63, 3.8) is 0 Å². The molecule has 0 N–H and O–H groups in total. The molecule has 2 aromatic rings. The van der Waals surface area contributed by atoms with Crippen molar-refractivity contribution in [3.05, 3.63) is 39.1 Å². The molecule has 0 radical (unpaired) electrons. The summed E-state index contributed by atoms with van der Waals surface area (Å²) in [4.78, 5) is 21.1. The Hall–Kier alpha value is -1.62. The molecule has 1 fully saturated rings. The highest BCUT2D eigenvalue weighted by atomic mass is 32.1. The molecule has 23 heavy (non-hydrogen) atoms. The van der Waals surface area contributed by atoms with Gasteiger partial charge in [0.2, 0.25) is 0 Å². The predicted molar refractivity (Wildman–Crippen MR) is 92.2 cm³/mol. The number of aryl methyl sites for hydroxylation is 3. The Balaban J connectivity index is 1.52. The van der Waals surface area contributed by atoms with Crippen molar-refractivity contribution in [1.29, 1.82) is 0 Å². The first kappa shape index (κ1) is 14.9. The smallest absolute Gasteiger partial charge is 0.255 e. The Morgan fingerprint density at radius 1 is 1.35 bits per heavy atom. The molecule has 5 heteroatoms. The third-order valence-corrected chi connectivity index (χ3v) is 6.25. The number of imidazole rings is 1. The topological polar surface area (TPSA) is 38.1 Å². The Bertz CT molecular complexity index is 746. The predicted octanol–water partition coefficient (Wildman–Crippen LogP) is 3.30. The van der Waals surface area contributed by atoms with Crippen molar-refractivity contribution in [1.82, 2.24) is 14.5 Å². The Morgan fingerprint density at radius 2 is 2.17 bits per heavy atom. The molecular weight excluding hydrogens is 306 g/mol. The van der Waals surface area contributed by atoms with E-state index in [1.807, 2.05) is 11.8 Å². The SMILES string of the molecule is Cc1cn(C)c([C@@H]2CCN(C(=O)c3csc4c3CCCC4)C2)n1. The van der Waals surface area contributed by atoms with E-state index in [1.54, 1.807) is 11.3 Å². The number of hydrogen-bond donors (Lipinski definition) is 0. The Morgan fingerprint density at radius 3 is 2.96 bits per heavy atom. The zero-order valence-electron chi connectivity index (χ0n) is 13.8.